The maximum atomic E-state index is 13.4. The van der Waals surface area contributed by atoms with Gasteiger partial charge in [-0.2, -0.15) is 0 Å². The highest BCUT2D eigenvalue weighted by atomic mass is 35.5. The van der Waals surface area contributed by atoms with Crippen molar-refractivity contribution in [3.63, 3.8) is 0 Å². The van der Waals surface area contributed by atoms with Crippen molar-refractivity contribution >= 4 is 24.0 Å². The highest BCUT2D eigenvalue weighted by Gasteiger charge is 2.22. The van der Waals surface area contributed by atoms with Gasteiger partial charge in [-0.1, -0.05) is 0 Å². The second-order valence-corrected chi connectivity index (χ2v) is 3.99. The topological polar surface area (TPSA) is 50.4 Å². The molecule has 18 heavy (non-hydrogen) atoms. The van der Waals surface area contributed by atoms with Gasteiger partial charge in [-0.15, -0.1) is 12.4 Å². The van der Waals surface area contributed by atoms with Gasteiger partial charge in [0.05, 0.1) is 13.2 Å². The number of ether oxygens (including phenoxy) is 1. The van der Waals surface area contributed by atoms with E-state index >= 15 is 0 Å². The average molecular weight is 275 g/mol. The number of anilines is 1. The van der Waals surface area contributed by atoms with Gasteiger partial charge in [0.25, 0.3) is 0 Å². The molecule has 100 valence electrons. The second kappa shape index (κ2) is 6.56. The number of methoxy groups -OCH3 is 1. The largest absolute Gasteiger partial charge is 0.494 e. The van der Waals surface area contributed by atoms with Crippen LogP contribution in [0.3, 0.4) is 0 Å². The van der Waals surface area contributed by atoms with Crippen LogP contribution in [0.5, 0.6) is 5.75 Å². The third-order valence-corrected chi connectivity index (χ3v) is 2.80. The Morgan fingerprint density at radius 2 is 2.33 bits per heavy atom. The number of carbonyl (C=O) groups is 1. The van der Waals surface area contributed by atoms with Crippen LogP contribution < -0.4 is 15.4 Å². The van der Waals surface area contributed by atoms with E-state index in [2.05, 4.69) is 10.6 Å². The molecule has 0 radical (unpaired) electrons. The molecule has 2 N–H and O–H groups in total. The average Bonchev–Trinajstić information content (AvgIpc) is 2.82. The van der Waals surface area contributed by atoms with Crippen LogP contribution in [0.2, 0.25) is 0 Å². The van der Waals surface area contributed by atoms with Gasteiger partial charge in [0.1, 0.15) is 0 Å². The van der Waals surface area contributed by atoms with Crippen LogP contribution >= 0.6 is 12.4 Å². The maximum Gasteiger partial charge on any atom is 0.241 e. The summed E-state index contributed by atoms with van der Waals surface area (Å²) in [5.41, 5.74) is 0.446. The molecule has 1 aromatic carbocycles. The van der Waals surface area contributed by atoms with E-state index in [0.29, 0.717) is 5.69 Å². The Labute approximate surface area is 111 Å². The van der Waals surface area contributed by atoms with E-state index in [4.69, 9.17) is 4.74 Å². The van der Waals surface area contributed by atoms with Gasteiger partial charge in [0.2, 0.25) is 5.91 Å². The minimum absolute atomic E-state index is 0. The van der Waals surface area contributed by atoms with Crippen LogP contribution in [0, 0.1) is 5.82 Å². The van der Waals surface area contributed by atoms with Gasteiger partial charge >= 0.3 is 0 Å². The molecule has 0 aliphatic carbocycles. The molecule has 1 aliphatic rings. The van der Waals surface area contributed by atoms with Gasteiger partial charge < -0.3 is 15.4 Å². The van der Waals surface area contributed by atoms with E-state index in [1.54, 1.807) is 6.07 Å². The second-order valence-electron chi connectivity index (χ2n) is 3.99. The van der Waals surface area contributed by atoms with E-state index < -0.39 is 5.82 Å². The third kappa shape index (κ3) is 3.34. The Bertz CT molecular complexity index is 423. The number of amides is 1. The maximum absolute atomic E-state index is 13.4. The summed E-state index contributed by atoms with van der Waals surface area (Å²) in [6, 6.07) is 4.20. The molecule has 0 unspecified atom stereocenters. The fraction of sp³-hybridized carbons (Fsp3) is 0.417. The Kier molecular flexibility index (Phi) is 5.37. The van der Waals surface area contributed by atoms with Crippen molar-refractivity contribution in [2.24, 2.45) is 0 Å². The Balaban J connectivity index is 0.00000162. The lowest BCUT2D eigenvalue weighted by atomic mass is 10.2. The van der Waals surface area contributed by atoms with Crippen molar-refractivity contribution in [3.8, 4) is 5.75 Å². The summed E-state index contributed by atoms with van der Waals surface area (Å²) in [6.07, 6.45) is 1.82. The molecule has 1 aliphatic heterocycles. The first-order valence-corrected chi connectivity index (χ1v) is 5.58. The molecule has 1 fully saturated rings. The van der Waals surface area contributed by atoms with Crippen LogP contribution in [-0.4, -0.2) is 25.6 Å². The molecule has 0 bridgehead atoms. The molecule has 6 heteroatoms. The molecule has 1 amide bonds. The molecule has 0 saturated carbocycles. The fourth-order valence-electron chi connectivity index (χ4n) is 1.88. The standard InChI is InChI=1S/C12H15FN2O2.ClH/c1-17-11-5-4-8(7-9(11)13)15-12(16)10-3-2-6-14-10;/h4-5,7,10,14H,2-3,6H2,1H3,(H,15,16);1H/t10-;/m0./s1. The molecular weight excluding hydrogens is 259 g/mol. The molecule has 1 heterocycles. The van der Waals surface area contributed by atoms with Crippen molar-refractivity contribution in [2.75, 3.05) is 19.0 Å². The Hall–Kier alpha value is -1.33. The quantitative estimate of drug-likeness (QED) is 0.886. The number of nitrogens with one attached hydrogen (secondary N) is 2. The van der Waals surface area contributed by atoms with Gasteiger partial charge in [-0.05, 0) is 31.5 Å². The molecular formula is C12H16ClFN2O2. The molecule has 0 aromatic heterocycles. The Morgan fingerprint density at radius 3 is 2.89 bits per heavy atom. The number of hydrogen-bond donors (Lipinski definition) is 2. The monoisotopic (exact) mass is 274 g/mol. The molecule has 4 nitrogen and oxygen atoms in total. The van der Waals surface area contributed by atoms with Crippen molar-refractivity contribution in [3.05, 3.63) is 24.0 Å². The summed E-state index contributed by atoms with van der Waals surface area (Å²) >= 11 is 0. The summed E-state index contributed by atoms with van der Waals surface area (Å²) in [4.78, 5) is 11.8. The van der Waals surface area contributed by atoms with Gasteiger partial charge in [0, 0.05) is 11.8 Å². The summed E-state index contributed by atoms with van der Waals surface area (Å²) in [5, 5.41) is 5.76. The van der Waals surface area contributed by atoms with Crippen molar-refractivity contribution in [1.82, 2.24) is 5.32 Å². The summed E-state index contributed by atoms with van der Waals surface area (Å²) in [5.74, 6) is -0.432. The third-order valence-electron chi connectivity index (χ3n) is 2.80. The van der Waals surface area contributed by atoms with Gasteiger partial charge in [-0.25, -0.2) is 4.39 Å². The van der Waals surface area contributed by atoms with Crippen molar-refractivity contribution in [1.29, 1.82) is 0 Å². The number of carbonyl (C=O) groups excluding carboxylic acids is 1. The molecule has 1 aromatic rings. The zero-order valence-electron chi connectivity index (χ0n) is 10.0. The van der Waals surface area contributed by atoms with E-state index in [-0.39, 0.29) is 30.1 Å². The number of rotatable bonds is 3. The normalized spacial score (nSPS) is 18.0. The molecule has 1 atom stereocenters. The number of benzene rings is 1. The SMILES string of the molecule is COc1ccc(NC(=O)[C@@H]2CCCN2)cc1F.Cl. The van der Waals surface area contributed by atoms with E-state index in [1.165, 1.54) is 19.2 Å². The lowest BCUT2D eigenvalue weighted by Crippen LogP contribution is -2.35. The molecule has 0 spiro atoms. The van der Waals surface area contributed by atoms with Gasteiger partial charge in [-0.3, -0.25) is 4.79 Å². The van der Waals surface area contributed by atoms with E-state index in [9.17, 15) is 9.18 Å². The van der Waals surface area contributed by atoms with Crippen molar-refractivity contribution in [2.45, 2.75) is 18.9 Å². The van der Waals surface area contributed by atoms with Crippen LogP contribution in [0.25, 0.3) is 0 Å². The lowest BCUT2D eigenvalue weighted by molar-refractivity contribution is -0.117. The zero-order chi connectivity index (χ0) is 12.3. The first kappa shape index (κ1) is 14.7. The summed E-state index contributed by atoms with van der Waals surface area (Å²) < 4.78 is 18.2. The van der Waals surface area contributed by atoms with E-state index in [1.807, 2.05) is 0 Å². The first-order chi connectivity index (χ1) is 8.20. The Morgan fingerprint density at radius 1 is 1.56 bits per heavy atom. The first-order valence-electron chi connectivity index (χ1n) is 5.58. The van der Waals surface area contributed by atoms with Gasteiger partial charge in [0.15, 0.2) is 11.6 Å². The zero-order valence-corrected chi connectivity index (χ0v) is 10.8. The van der Waals surface area contributed by atoms with Crippen LogP contribution in [0.4, 0.5) is 10.1 Å². The highest BCUT2D eigenvalue weighted by Crippen LogP contribution is 2.21. The number of halogens is 2. The summed E-state index contributed by atoms with van der Waals surface area (Å²) in [6.45, 7) is 0.856. The summed E-state index contributed by atoms with van der Waals surface area (Å²) in [7, 11) is 1.40. The minimum Gasteiger partial charge on any atom is -0.494 e. The van der Waals surface area contributed by atoms with Crippen molar-refractivity contribution < 1.29 is 13.9 Å². The van der Waals surface area contributed by atoms with E-state index in [0.717, 1.165) is 19.4 Å². The predicted molar refractivity (Wildman–Crippen MR) is 69.9 cm³/mol. The molecule has 2 rings (SSSR count). The minimum atomic E-state index is -0.482. The van der Waals surface area contributed by atoms with Crippen LogP contribution in [0.1, 0.15) is 12.8 Å². The number of hydrogen-bond acceptors (Lipinski definition) is 3. The lowest BCUT2D eigenvalue weighted by Gasteiger charge is -2.11. The predicted octanol–water partition coefficient (Wildman–Crippen LogP) is 1.95. The fourth-order valence-corrected chi connectivity index (χ4v) is 1.88. The molecule has 1 saturated heterocycles. The van der Waals surface area contributed by atoms with Crippen LogP contribution in [0.15, 0.2) is 18.2 Å². The van der Waals surface area contributed by atoms with Crippen LogP contribution in [-0.2, 0) is 4.79 Å². The highest BCUT2D eigenvalue weighted by molar-refractivity contribution is 5.95. The smallest absolute Gasteiger partial charge is 0.241 e.